The minimum absolute atomic E-state index is 0.0935. The molecule has 1 fully saturated rings. The standard InChI is InChI=1S/C27H30N4O2/c1-33-24-14-8-13-23-25(24)27(32)28-26(21-9-4-2-5-10-21)31(23)20-17-29-15-18-30(19-16-29)22-11-6-3-7-12-22/h2-14,26H,15-20H2,1H3,(H,28,32). The average Bonchev–Trinajstić information content (AvgIpc) is 2.89. The van der Waals surface area contributed by atoms with Gasteiger partial charge in [0.15, 0.2) is 0 Å². The maximum atomic E-state index is 13.0. The second-order valence-electron chi connectivity index (χ2n) is 8.50. The molecule has 5 rings (SSSR count). The number of rotatable bonds is 6. The fraction of sp³-hybridized carbons (Fsp3) is 0.296. The lowest BCUT2D eigenvalue weighted by Crippen LogP contribution is -2.52. The number of anilines is 2. The molecule has 2 aliphatic rings. The Morgan fingerprint density at radius 3 is 2.24 bits per heavy atom. The molecule has 0 bridgehead atoms. The van der Waals surface area contributed by atoms with Gasteiger partial charge in [-0.1, -0.05) is 54.6 Å². The van der Waals surface area contributed by atoms with Crippen LogP contribution in [0, 0.1) is 0 Å². The number of carbonyl (C=O) groups excluding carboxylic acids is 1. The van der Waals surface area contributed by atoms with Crippen molar-refractivity contribution in [1.29, 1.82) is 0 Å². The number of benzene rings is 3. The number of ether oxygens (including phenoxy) is 1. The van der Waals surface area contributed by atoms with E-state index in [1.807, 2.05) is 36.4 Å². The highest BCUT2D eigenvalue weighted by Crippen LogP contribution is 2.37. The molecule has 2 heterocycles. The van der Waals surface area contributed by atoms with Crippen molar-refractivity contribution < 1.29 is 9.53 Å². The number of fused-ring (bicyclic) bond motifs is 1. The van der Waals surface area contributed by atoms with Gasteiger partial charge in [-0.3, -0.25) is 9.69 Å². The first-order chi connectivity index (χ1) is 16.2. The number of amides is 1. The van der Waals surface area contributed by atoms with E-state index in [1.54, 1.807) is 7.11 Å². The zero-order chi connectivity index (χ0) is 22.6. The molecule has 3 aromatic carbocycles. The van der Waals surface area contributed by atoms with Crippen molar-refractivity contribution in [2.75, 3.05) is 56.2 Å². The van der Waals surface area contributed by atoms with E-state index in [-0.39, 0.29) is 12.1 Å². The van der Waals surface area contributed by atoms with Gasteiger partial charge in [0.25, 0.3) is 5.91 Å². The molecule has 0 spiro atoms. The van der Waals surface area contributed by atoms with Crippen LogP contribution in [0.15, 0.2) is 78.9 Å². The van der Waals surface area contributed by atoms with Gasteiger partial charge in [-0.25, -0.2) is 0 Å². The summed E-state index contributed by atoms with van der Waals surface area (Å²) in [6, 6.07) is 26.6. The lowest BCUT2D eigenvalue weighted by Gasteiger charge is -2.42. The zero-order valence-electron chi connectivity index (χ0n) is 19.0. The van der Waals surface area contributed by atoms with Crippen LogP contribution in [-0.2, 0) is 0 Å². The van der Waals surface area contributed by atoms with Gasteiger partial charge < -0.3 is 19.9 Å². The Labute approximate surface area is 195 Å². The van der Waals surface area contributed by atoms with Crippen LogP contribution in [0.25, 0.3) is 0 Å². The molecule has 0 aliphatic carbocycles. The van der Waals surface area contributed by atoms with E-state index in [0.29, 0.717) is 11.3 Å². The second-order valence-corrected chi connectivity index (χ2v) is 8.50. The Hall–Kier alpha value is -3.51. The third-order valence-corrected chi connectivity index (χ3v) is 6.61. The minimum atomic E-state index is -0.205. The summed E-state index contributed by atoms with van der Waals surface area (Å²) in [4.78, 5) is 20.3. The first-order valence-corrected chi connectivity index (χ1v) is 11.6. The van der Waals surface area contributed by atoms with Gasteiger partial charge in [-0.15, -0.1) is 0 Å². The van der Waals surface area contributed by atoms with E-state index in [2.05, 4.69) is 62.5 Å². The summed E-state index contributed by atoms with van der Waals surface area (Å²) < 4.78 is 5.52. The van der Waals surface area contributed by atoms with E-state index in [0.717, 1.165) is 50.5 Å². The first kappa shape index (κ1) is 21.3. The molecule has 6 nitrogen and oxygen atoms in total. The van der Waals surface area contributed by atoms with Crippen LogP contribution in [0.3, 0.4) is 0 Å². The molecule has 1 atom stereocenters. The molecular formula is C27H30N4O2. The number of methoxy groups -OCH3 is 1. The van der Waals surface area contributed by atoms with Crippen LogP contribution in [0.1, 0.15) is 22.1 Å². The van der Waals surface area contributed by atoms with E-state index < -0.39 is 0 Å². The summed E-state index contributed by atoms with van der Waals surface area (Å²) >= 11 is 0. The zero-order valence-corrected chi connectivity index (χ0v) is 19.0. The number of nitrogens with zero attached hydrogens (tertiary/aromatic N) is 3. The maximum Gasteiger partial charge on any atom is 0.259 e. The summed E-state index contributed by atoms with van der Waals surface area (Å²) in [5, 5.41) is 3.21. The van der Waals surface area contributed by atoms with E-state index >= 15 is 0 Å². The van der Waals surface area contributed by atoms with Crippen LogP contribution >= 0.6 is 0 Å². The lowest BCUT2D eigenvalue weighted by atomic mass is 10.0. The minimum Gasteiger partial charge on any atom is -0.496 e. The molecule has 3 aromatic rings. The fourth-order valence-corrected chi connectivity index (χ4v) is 4.84. The SMILES string of the molecule is COc1cccc2c1C(=O)NC(c1ccccc1)N2CCN1CCN(c2ccccc2)CC1. The van der Waals surface area contributed by atoms with Crippen molar-refractivity contribution in [2.24, 2.45) is 0 Å². The van der Waals surface area contributed by atoms with Gasteiger partial charge >= 0.3 is 0 Å². The summed E-state index contributed by atoms with van der Waals surface area (Å²) in [5.41, 5.74) is 3.91. The molecular weight excluding hydrogens is 412 g/mol. The Balaban J connectivity index is 1.34. The maximum absolute atomic E-state index is 13.0. The number of para-hydroxylation sites is 1. The molecule has 6 heteroatoms. The highest BCUT2D eigenvalue weighted by atomic mass is 16.5. The fourth-order valence-electron chi connectivity index (χ4n) is 4.84. The van der Waals surface area contributed by atoms with Gasteiger partial charge in [0.2, 0.25) is 0 Å². The molecule has 1 unspecified atom stereocenters. The molecule has 33 heavy (non-hydrogen) atoms. The molecule has 1 amide bonds. The van der Waals surface area contributed by atoms with Gasteiger partial charge in [0.05, 0.1) is 12.8 Å². The van der Waals surface area contributed by atoms with E-state index in [1.165, 1.54) is 5.69 Å². The smallest absolute Gasteiger partial charge is 0.259 e. The van der Waals surface area contributed by atoms with E-state index in [4.69, 9.17) is 4.74 Å². The normalized spacial score (nSPS) is 18.6. The van der Waals surface area contributed by atoms with Crippen molar-refractivity contribution >= 4 is 17.3 Å². The summed E-state index contributed by atoms with van der Waals surface area (Å²) in [7, 11) is 1.61. The van der Waals surface area contributed by atoms with Gasteiger partial charge in [-0.2, -0.15) is 0 Å². The molecule has 1 saturated heterocycles. The van der Waals surface area contributed by atoms with Crippen molar-refractivity contribution in [3.63, 3.8) is 0 Å². The monoisotopic (exact) mass is 442 g/mol. The number of hydrogen-bond acceptors (Lipinski definition) is 5. The highest BCUT2D eigenvalue weighted by molar-refractivity contribution is 6.04. The third kappa shape index (κ3) is 4.39. The first-order valence-electron chi connectivity index (χ1n) is 11.6. The summed E-state index contributed by atoms with van der Waals surface area (Å²) in [6.07, 6.45) is -0.205. The van der Waals surface area contributed by atoms with Crippen LogP contribution in [0.4, 0.5) is 11.4 Å². The van der Waals surface area contributed by atoms with Crippen molar-refractivity contribution in [2.45, 2.75) is 6.17 Å². The van der Waals surface area contributed by atoms with Crippen LogP contribution in [-0.4, -0.2) is 57.2 Å². The quantitative estimate of drug-likeness (QED) is 0.630. The molecule has 170 valence electrons. The van der Waals surface area contributed by atoms with Crippen molar-refractivity contribution in [3.05, 3.63) is 90.0 Å². The third-order valence-electron chi connectivity index (χ3n) is 6.61. The Kier molecular flexibility index (Phi) is 6.17. The predicted octanol–water partition coefficient (Wildman–Crippen LogP) is 3.77. The summed E-state index contributed by atoms with van der Waals surface area (Å²) in [6.45, 7) is 5.83. The van der Waals surface area contributed by atoms with Gasteiger partial charge in [0.1, 0.15) is 17.5 Å². The summed E-state index contributed by atoms with van der Waals surface area (Å²) in [5.74, 6) is 0.516. The van der Waals surface area contributed by atoms with Gasteiger partial charge in [0, 0.05) is 45.0 Å². The molecule has 2 aliphatic heterocycles. The van der Waals surface area contributed by atoms with Gasteiger partial charge in [-0.05, 0) is 29.8 Å². The van der Waals surface area contributed by atoms with Crippen LogP contribution in [0.2, 0.25) is 0 Å². The van der Waals surface area contributed by atoms with E-state index in [9.17, 15) is 4.79 Å². The van der Waals surface area contributed by atoms with Crippen LogP contribution < -0.4 is 19.9 Å². The highest BCUT2D eigenvalue weighted by Gasteiger charge is 2.34. The Morgan fingerprint density at radius 1 is 0.848 bits per heavy atom. The lowest BCUT2D eigenvalue weighted by molar-refractivity contribution is 0.0922. The molecule has 1 N–H and O–H groups in total. The number of hydrogen-bond donors (Lipinski definition) is 1. The second kappa shape index (κ2) is 9.55. The Bertz CT molecular complexity index is 1080. The van der Waals surface area contributed by atoms with Crippen LogP contribution in [0.5, 0.6) is 5.75 Å². The van der Waals surface area contributed by atoms with Crippen molar-refractivity contribution in [1.82, 2.24) is 10.2 Å². The molecule has 0 aromatic heterocycles. The topological polar surface area (TPSA) is 48.1 Å². The number of carbonyl (C=O) groups is 1. The number of nitrogens with one attached hydrogen (secondary N) is 1. The molecule has 0 radical (unpaired) electrons. The average molecular weight is 443 g/mol. The number of piperazine rings is 1. The largest absolute Gasteiger partial charge is 0.496 e. The van der Waals surface area contributed by atoms with Crippen molar-refractivity contribution in [3.8, 4) is 5.75 Å². The Morgan fingerprint density at radius 2 is 1.55 bits per heavy atom. The molecule has 0 saturated carbocycles. The predicted molar refractivity (Wildman–Crippen MR) is 132 cm³/mol.